The lowest BCUT2D eigenvalue weighted by molar-refractivity contribution is 0.120. The molecule has 1 N–H and O–H groups in total. The van der Waals surface area contributed by atoms with Crippen molar-refractivity contribution in [3.05, 3.63) is 12.5 Å². The SMILES string of the molecule is COC(=O)Oc1c[nH]cn1. The maximum Gasteiger partial charge on any atom is 0.514 e. The Bertz CT molecular complexity index is 207. The fourth-order valence-electron chi connectivity index (χ4n) is 0.430. The third kappa shape index (κ3) is 1.48. The molecule has 0 aliphatic carbocycles. The first-order valence-electron chi connectivity index (χ1n) is 2.57. The zero-order chi connectivity index (χ0) is 7.40. The van der Waals surface area contributed by atoms with E-state index in [-0.39, 0.29) is 5.88 Å². The molecule has 1 rings (SSSR count). The van der Waals surface area contributed by atoms with Gasteiger partial charge in [-0.15, -0.1) is 0 Å². The van der Waals surface area contributed by atoms with Crippen LogP contribution in [0.2, 0.25) is 0 Å². The van der Waals surface area contributed by atoms with Gasteiger partial charge in [0.05, 0.1) is 19.6 Å². The Kier molecular flexibility index (Phi) is 1.89. The van der Waals surface area contributed by atoms with Crippen LogP contribution in [-0.4, -0.2) is 23.2 Å². The summed E-state index contributed by atoms with van der Waals surface area (Å²) >= 11 is 0. The lowest BCUT2D eigenvalue weighted by Gasteiger charge is -1.95. The molecule has 0 atom stereocenters. The molecule has 1 aromatic rings. The molecule has 1 heterocycles. The second kappa shape index (κ2) is 2.86. The zero-order valence-corrected chi connectivity index (χ0v) is 5.33. The Balaban J connectivity index is 2.48. The highest BCUT2D eigenvalue weighted by atomic mass is 16.7. The Morgan fingerprint density at radius 3 is 3.10 bits per heavy atom. The largest absolute Gasteiger partial charge is 0.514 e. The fourth-order valence-corrected chi connectivity index (χ4v) is 0.430. The highest BCUT2D eigenvalue weighted by molar-refractivity contribution is 5.62. The monoisotopic (exact) mass is 142 g/mol. The summed E-state index contributed by atoms with van der Waals surface area (Å²) in [4.78, 5) is 16.6. The number of aromatic nitrogens is 2. The van der Waals surface area contributed by atoms with Crippen LogP contribution in [0.3, 0.4) is 0 Å². The molecule has 1 aromatic heterocycles. The number of hydrogen-bond acceptors (Lipinski definition) is 4. The molecule has 0 aliphatic rings. The van der Waals surface area contributed by atoms with Crippen LogP contribution in [0, 0.1) is 0 Å². The summed E-state index contributed by atoms with van der Waals surface area (Å²) in [5.74, 6) is 0.201. The molecule has 0 saturated carbocycles. The molecule has 0 fully saturated rings. The van der Waals surface area contributed by atoms with Gasteiger partial charge in [0.2, 0.25) is 5.88 Å². The van der Waals surface area contributed by atoms with Gasteiger partial charge in [-0.2, -0.15) is 0 Å². The first-order chi connectivity index (χ1) is 4.83. The van der Waals surface area contributed by atoms with Gasteiger partial charge in [-0.3, -0.25) is 0 Å². The summed E-state index contributed by atoms with van der Waals surface area (Å²) in [6.45, 7) is 0. The first-order valence-corrected chi connectivity index (χ1v) is 2.57. The van der Waals surface area contributed by atoms with Crippen LogP contribution in [0.25, 0.3) is 0 Å². The molecule has 0 radical (unpaired) electrons. The summed E-state index contributed by atoms with van der Waals surface area (Å²) in [6.07, 6.45) is 2.07. The minimum atomic E-state index is -0.771. The number of methoxy groups -OCH3 is 1. The van der Waals surface area contributed by atoms with E-state index in [9.17, 15) is 4.79 Å². The van der Waals surface area contributed by atoms with Crippen molar-refractivity contribution in [1.82, 2.24) is 9.97 Å². The predicted octanol–water partition coefficient (Wildman–Crippen LogP) is 0.555. The van der Waals surface area contributed by atoms with Crippen molar-refractivity contribution in [3.8, 4) is 5.88 Å². The standard InChI is InChI=1S/C5H6N2O3/c1-9-5(8)10-4-2-6-3-7-4/h2-3H,1H3,(H,6,7). The van der Waals surface area contributed by atoms with E-state index >= 15 is 0 Å². The molecule has 0 aromatic carbocycles. The Morgan fingerprint density at radius 1 is 1.80 bits per heavy atom. The summed E-state index contributed by atoms with van der Waals surface area (Å²) in [6, 6.07) is 0. The summed E-state index contributed by atoms with van der Waals surface area (Å²) < 4.78 is 8.71. The number of carbonyl (C=O) groups excluding carboxylic acids is 1. The number of hydrogen-bond donors (Lipinski definition) is 1. The van der Waals surface area contributed by atoms with Gasteiger partial charge >= 0.3 is 6.16 Å². The third-order valence-corrected chi connectivity index (χ3v) is 0.828. The highest BCUT2D eigenvalue weighted by Gasteiger charge is 2.02. The first kappa shape index (κ1) is 6.60. The second-order valence-corrected chi connectivity index (χ2v) is 1.46. The van der Waals surface area contributed by atoms with Gasteiger partial charge in [0.1, 0.15) is 0 Å². The number of H-pyrrole nitrogens is 1. The number of imidazole rings is 1. The second-order valence-electron chi connectivity index (χ2n) is 1.46. The van der Waals surface area contributed by atoms with E-state index in [1.165, 1.54) is 19.6 Å². The van der Waals surface area contributed by atoms with Gasteiger partial charge in [-0.05, 0) is 0 Å². The van der Waals surface area contributed by atoms with Crippen LogP contribution >= 0.6 is 0 Å². The average molecular weight is 142 g/mol. The quantitative estimate of drug-likeness (QED) is 0.581. The van der Waals surface area contributed by atoms with E-state index in [0.717, 1.165) is 0 Å². The molecule has 5 nitrogen and oxygen atoms in total. The molecule has 0 amide bonds. The zero-order valence-electron chi connectivity index (χ0n) is 5.33. The van der Waals surface area contributed by atoms with Crippen molar-refractivity contribution in [2.24, 2.45) is 0 Å². The normalized spacial score (nSPS) is 8.90. The molecule has 0 spiro atoms. The van der Waals surface area contributed by atoms with Crippen molar-refractivity contribution in [2.75, 3.05) is 7.11 Å². The van der Waals surface area contributed by atoms with Crippen LogP contribution in [-0.2, 0) is 4.74 Å². The minimum Gasteiger partial charge on any atom is -0.437 e. The van der Waals surface area contributed by atoms with Gasteiger partial charge in [0.25, 0.3) is 0 Å². The summed E-state index contributed by atoms with van der Waals surface area (Å²) in [5.41, 5.74) is 0. The Labute approximate surface area is 57.0 Å². The number of ether oxygens (including phenoxy) is 2. The molecule has 0 saturated heterocycles. The fraction of sp³-hybridized carbons (Fsp3) is 0.200. The topological polar surface area (TPSA) is 64.2 Å². The number of aromatic amines is 1. The van der Waals surface area contributed by atoms with Crippen molar-refractivity contribution in [3.63, 3.8) is 0 Å². The van der Waals surface area contributed by atoms with E-state index in [1.807, 2.05) is 0 Å². The van der Waals surface area contributed by atoms with Gasteiger partial charge in [-0.25, -0.2) is 9.78 Å². The van der Waals surface area contributed by atoms with Gasteiger partial charge in [0.15, 0.2) is 0 Å². The smallest absolute Gasteiger partial charge is 0.437 e. The number of nitrogens with zero attached hydrogens (tertiary/aromatic N) is 1. The van der Waals surface area contributed by atoms with Crippen LogP contribution in [0.1, 0.15) is 0 Å². The van der Waals surface area contributed by atoms with Crippen molar-refractivity contribution in [2.45, 2.75) is 0 Å². The van der Waals surface area contributed by atoms with Crippen molar-refractivity contribution < 1.29 is 14.3 Å². The van der Waals surface area contributed by atoms with E-state index in [4.69, 9.17) is 0 Å². The predicted molar refractivity (Wildman–Crippen MR) is 31.6 cm³/mol. The van der Waals surface area contributed by atoms with Crippen LogP contribution < -0.4 is 4.74 Å². The lowest BCUT2D eigenvalue weighted by atomic mass is 10.8. The molecular formula is C5H6N2O3. The number of carbonyl (C=O) groups is 1. The van der Waals surface area contributed by atoms with Crippen LogP contribution in [0.5, 0.6) is 5.88 Å². The van der Waals surface area contributed by atoms with E-state index in [2.05, 4.69) is 19.4 Å². The number of rotatable bonds is 1. The van der Waals surface area contributed by atoms with E-state index < -0.39 is 6.16 Å². The van der Waals surface area contributed by atoms with Crippen molar-refractivity contribution in [1.29, 1.82) is 0 Å². The van der Waals surface area contributed by atoms with Crippen LogP contribution in [0.15, 0.2) is 12.5 Å². The molecule has 0 bridgehead atoms. The average Bonchev–Trinajstić information content (AvgIpc) is 2.40. The minimum absolute atomic E-state index is 0.201. The molecule has 5 heteroatoms. The Hall–Kier alpha value is -1.52. The van der Waals surface area contributed by atoms with Gasteiger partial charge in [-0.1, -0.05) is 0 Å². The van der Waals surface area contributed by atoms with Crippen LogP contribution in [0.4, 0.5) is 4.79 Å². The van der Waals surface area contributed by atoms with E-state index in [0.29, 0.717) is 0 Å². The molecule has 0 aliphatic heterocycles. The highest BCUT2D eigenvalue weighted by Crippen LogP contribution is 2.01. The van der Waals surface area contributed by atoms with E-state index in [1.54, 1.807) is 0 Å². The Morgan fingerprint density at radius 2 is 2.60 bits per heavy atom. The van der Waals surface area contributed by atoms with Crippen molar-refractivity contribution >= 4 is 6.16 Å². The maximum absolute atomic E-state index is 10.4. The van der Waals surface area contributed by atoms with Gasteiger partial charge in [0, 0.05) is 0 Å². The third-order valence-electron chi connectivity index (χ3n) is 0.828. The molecule has 0 unspecified atom stereocenters. The maximum atomic E-state index is 10.4. The summed E-state index contributed by atoms with van der Waals surface area (Å²) in [7, 11) is 1.23. The lowest BCUT2D eigenvalue weighted by Crippen LogP contribution is -2.07. The molecule has 10 heavy (non-hydrogen) atoms. The number of nitrogens with one attached hydrogen (secondary N) is 1. The molecular weight excluding hydrogens is 136 g/mol. The van der Waals surface area contributed by atoms with Gasteiger partial charge < -0.3 is 14.5 Å². The molecule has 54 valence electrons. The summed E-state index contributed by atoms with van der Waals surface area (Å²) in [5, 5.41) is 0.